The normalized spacial score (nSPS) is 13.0. The fourth-order valence-electron chi connectivity index (χ4n) is 3.21. The SMILES string of the molecule is COCCCn1c(NC(=O)c2cccc(C#N)c2)nc2cc(C(=O)NC3CC3)cnc21. The first-order valence-corrected chi connectivity index (χ1v) is 10.1. The molecule has 0 spiro atoms. The first kappa shape index (κ1) is 20.5. The quantitative estimate of drug-likeness (QED) is 0.542. The number of aryl methyl sites for hydroxylation is 1. The van der Waals surface area contributed by atoms with Gasteiger partial charge in [0, 0.05) is 38.1 Å². The van der Waals surface area contributed by atoms with Gasteiger partial charge in [-0.1, -0.05) is 6.07 Å². The number of aromatic nitrogens is 3. The van der Waals surface area contributed by atoms with Gasteiger partial charge in [-0.2, -0.15) is 5.26 Å². The summed E-state index contributed by atoms with van der Waals surface area (Å²) >= 11 is 0. The lowest BCUT2D eigenvalue weighted by atomic mass is 10.1. The molecule has 0 aliphatic heterocycles. The van der Waals surface area contributed by atoms with Crippen molar-refractivity contribution >= 4 is 28.9 Å². The van der Waals surface area contributed by atoms with Crippen molar-refractivity contribution in [1.29, 1.82) is 5.26 Å². The van der Waals surface area contributed by atoms with Gasteiger partial charge in [0.05, 0.1) is 17.2 Å². The van der Waals surface area contributed by atoms with E-state index in [0.29, 0.717) is 53.4 Å². The average Bonchev–Trinajstić information content (AvgIpc) is 3.54. The second-order valence-corrected chi connectivity index (χ2v) is 7.39. The smallest absolute Gasteiger partial charge is 0.258 e. The lowest BCUT2D eigenvalue weighted by molar-refractivity contribution is 0.0950. The third-order valence-electron chi connectivity index (χ3n) is 4.97. The maximum Gasteiger partial charge on any atom is 0.258 e. The summed E-state index contributed by atoms with van der Waals surface area (Å²) in [6.07, 6.45) is 4.22. The molecule has 1 aromatic carbocycles. The van der Waals surface area contributed by atoms with E-state index >= 15 is 0 Å². The van der Waals surface area contributed by atoms with E-state index in [1.807, 2.05) is 6.07 Å². The Bertz CT molecular complexity index is 1180. The zero-order chi connectivity index (χ0) is 21.8. The topological polar surface area (TPSA) is 122 Å². The zero-order valence-electron chi connectivity index (χ0n) is 17.1. The molecule has 2 amide bonds. The van der Waals surface area contributed by atoms with Gasteiger partial charge in [0.1, 0.15) is 5.52 Å². The molecule has 1 aliphatic carbocycles. The van der Waals surface area contributed by atoms with Crippen molar-refractivity contribution < 1.29 is 14.3 Å². The molecule has 1 fully saturated rings. The van der Waals surface area contributed by atoms with Crippen LogP contribution in [-0.2, 0) is 11.3 Å². The molecule has 0 unspecified atom stereocenters. The van der Waals surface area contributed by atoms with Crippen molar-refractivity contribution in [2.45, 2.75) is 31.8 Å². The summed E-state index contributed by atoms with van der Waals surface area (Å²) in [5, 5.41) is 14.8. The van der Waals surface area contributed by atoms with E-state index < -0.39 is 0 Å². The number of fused-ring (bicyclic) bond motifs is 1. The summed E-state index contributed by atoms with van der Waals surface area (Å²) in [5.74, 6) is -0.234. The number of pyridine rings is 1. The van der Waals surface area contributed by atoms with Gasteiger partial charge in [-0.25, -0.2) is 9.97 Å². The molecular weight excluding hydrogens is 396 g/mol. The monoisotopic (exact) mass is 418 g/mol. The lowest BCUT2D eigenvalue weighted by Gasteiger charge is -2.10. The Morgan fingerprint density at radius 1 is 1.26 bits per heavy atom. The first-order chi connectivity index (χ1) is 15.1. The number of carbonyl (C=O) groups is 2. The third kappa shape index (κ3) is 4.70. The summed E-state index contributed by atoms with van der Waals surface area (Å²) in [7, 11) is 1.62. The average molecular weight is 418 g/mol. The van der Waals surface area contributed by atoms with E-state index in [0.717, 1.165) is 12.8 Å². The highest BCUT2D eigenvalue weighted by Gasteiger charge is 2.24. The highest BCUT2D eigenvalue weighted by atomic mass is 16.5. The Kier molecular flexibility index (Phi) is 5.91. The number of nitriles is 1. The molecule has 1 saturated carbocycles. The Morgan fingerprint density at radius 3 is 2.84 bits per heavy atom. The van der Waals surface area contributed by atoms with Crippen LogP contribution in [0.25, 0.3) is 11.2 Å². The predicted octanol–water partition coefficient (Wildman–Crippen LogP) is 2.48. The maximum atomic E-state index is 12.8. The summed E-state index contributed by atoms with van der Waals surface area (Å²) in [6, 6.07) is 10.4. The van der Waals surface area contributed by atoms with E-state index in [-0.39, 0.29) is 17.9 Å². The van der Waals surface area contributed by atoms with Gasteiger partial charge in [0.2, 0.25) is 5.95 Å². The van der Waals surface area contributed by atoms with Gasteiger partial charge in [-0.15, -0.1) is 0 Å². The molecule has 158 valence electrons. The third-order valence-corrected chi connectivity index (χ3v) is 4.97. The molecule has 0 bridgehead atoms. The van der Waals surface area contributed by atoms with Crippen molar-refractivity contribution in [2.75, 3.05) is 19.0 Å². The maximum absolute atomic E-state index is 12.8. The van der Waals surface area contributed by atoms with Gasteiger partial charge in [-0.3, -0.25) is 19.5 Å². The van der Waals surface area contributed by atoms with E-state index in [4.69, 9.17) is 10.00 Å². The number of anilines is 1. The number of benzene rings is 1. The second-order valence-electron chi connectivity index (χ2n) is 7.39. The highest BCUT2D eigenvalue weighted by Crippen LogP contribution is 2.22. The molecule has 2 N–H and O–H groups in total. The molecule has 2 heterocycles. The Balaban J connectivity index is 1.64. The summed E-state index contributed by atoms with van der Waals surface area (Å²) < 4.78 is 6.93. The zero-order valence-corrected chi connectivity index (χ0v) is 17.1. The van der Waals surface area contributed by atoms with E-state index in [1.54, 1.807) is 35.9 Å². The minimum absolute atomic E-state index is 0.176. The number of nitrogens with one attached hydrogen (secondary N) is 2. The van der Waals surface area contributed by atoms with Crippen LogP contribution in [0.5, 0.6) is 0 Å². The fourth-order valence-corrected chi connectivity index (χ4v) is 3.21. The summed E-state index contributed by atoms with van der Waals surface area (Å²) in [6.45, 7) is 1.07. The minimum atomic E-state index is -0.382. The Morgan fingerprint density at radius 2 is 2.10 bits per heavy atom. The molecule has 31 heavy (non-hydrogen) atoms. The highest BCUT2D eigenvalue weighted by molar-refractivity contribution is 6.04. The van der Waals surface area contributed by atoms with Crippen LogP contribution < -0.4 is 10.6 Å². The van der Waals surface area contributed by atoms with Crippen LogP contribution in [0, 0.1) is 11.3 Å². The molecule has 2 aromatic heterocycles. The fraction of sp³-hybridized carbons (Fsp3) is 0.318. The molecule has 1 aliphatic rings. The molecular formula is C22H22N6O3. The lowest BCUT2D eigenvalue weighted by Crippen LogP contribution is -2.25. The number of imidazole rings is 1. The van der Waals surface area contributed by atoms with Gasteiger partial charge >= 0.3 is 0 Å². The van der Waals surface area contributed by atoms with Gasteiger partial charge < -0.3 is 10.1 Å². The van der Waals surface area contributed by atoms with E-state index in [1.165, 1.54) is 12.3 Å². The Labute approximate surface area is 179 Å². The van der Waals surface area contributed by atoms with Crippen LogP contribution in [-0.4, -0.2) is 46.1 Å². The summed E-state index contributed by atoms with van der Waals surface area (Å²) in [4.78, 5) is 34.1. The van der Waals surface area contributed by atoms with Crippen molar-refractivity contribution in [3.63, 3.8) is 0 Å². The second kappa shape index (κ2) is 8.93. The molecule has 9 nitrogen and oxygen atoms in total. The number of ether oxygens (including phenoxy) is 1. The van der Waals surface area contributed by atoms with Crippen LogP contribution in [0.4, 0.5) is 5.95 Å². The number of hydrogen-bond acceptors (Lipinski definition) is 6. The van der Waals surface area contributed by atoms with Crippen molar-refractivity contribution in [1.82, 2.24) is 19.9 Å². The van der Waals surface area contributed by atoms with Crippen LogP contribution in [0.1, 0.15) is 45.5 Å². The van der Waals surface area contributed by atoms with Crippen LogP contribution in [0.3, 0.4) is 0 Å². The first-order valence-electron chi connectivity index (χ1n) is 10.1. The van der Waals surface area contributed by atoms with Crippen LogP contribution in [0.15, 0.2) is 36.5 Å². The number of rotatable bonds is 8. The van der Waals surface area contributed by atoms with Gasteiger partial charge in [-0.05, 0) is 43.5 Å². The van der Waals surface area contributed by atoms with E-state index in [9.17, 15) is 9.59 Å². The van der Waals surface area contributed by atoms with Gasteiger partial charge in [0.25, 0.3) is 11.8 Å². The number of carbonyl (C=O) groups excluding carboxylic acids is 2. The standard InChI is InChI=1S/C22H22N6O3/c1-31-9-3-8-28-19-18(11-16(13-24-19)21(30)25-17-6-7-17)26-22(28)27-20(29)15-5-2-4-14(10-15)12-23/h2,4-5,10-11,13,17H,3,6-9H2,1H3,(H,25,30)(H,26,27,29). The number of nitrogens with zero attached hydrogens (tertiary/aromatic N) is 4. The van der Waals surface area contributed by atoms with E-state index in [2.05, 4.69) is 20.6 Å². The molecule has 0 radical (unpaired) electrons. The Hall–Kier alpha value is -3.77. The molecule has 0 saturated heterocycles. The van der Waals surface area contributed by atoms with Gasteiger partial charge in [0.15, 0.2) is 5.65 Å². The molecule has 3 aromatic rings. The molecule has 0 atom stereocenters. The molecule has 4 rings (SSSR count). The van der Waals surface area contributed by atoms with Crippen molar-refractivity contribution in [2.24, 2.45) is 0 Å². The largest absolute Gasteiger partial charge is 0.385 e. The molecule has 9 heteroatoms. The minimum Gasteiger partial charge on any atom is -0.385 e. The van der Waals surface area contributed by atoms with Crippen molar-refractivity contribution in [3.05, 3.63) is 53.2 Å². The number of hydrogen-bond donors (Lipinski definition) is 2. The number of amides is 2. The predicted molar refractivity (Wildman–Crippen MR) is 114 cm³/mol. The van der Waals surface area contributed by atoms with Crippen LogP contribution >= 0.6 is 0 Å². The number of methoxy groups -OCH3 is 1. The summed E-state index contributed by atoms with van der Waals surface area (Å²) in [5.41, 5.74) is 2.27. The van der Waals surface area contributed by atoms with Crippen molar-refractivity contribution in [3.8, 4) is 6.07 Å². The van der Waals surface area contributed by atoms with Crippen LogP contribution in [0.2, 0.25) is 0 Å².